The maximum Gasteiger partial charge on any atom is 0.308 e. The van der Waals surface area contributed by atoms with Crippen LogP contribution in [0, 0.1) is 23.6 Å². The van der Waals surface area contributed by atoms with E-state index in [1.807, 2.05) is 11.4 Å². The first kappa shape index (κ1) is 18.6. The molecule has 7 rings (SSSR count). The van der Waals surface area contributed by atoms with Crippen molar-refractivity contribution in [1.29, 1.82) is 0 Å². The van der Waals surface area contributed by atoms with Crippen LogP contribution in [0.25, 0.3) is 32.8 Å². The number of aliphatic carboxylic acids is 1. The van der Waals surface area contributed by atoms with Gasteiger partial charge >= 0.3 is 5.97 Å². The lowest BCUT2D eigenvalue weighted by Gasteiger charge is -2.47. The SMILES string of the molecule is O=C(O)[C@@H]1C2CCC(CC2)[C@@H]1Nc1nc(-c2[nH]nc3ncc(F)cc23)nc2sccc12. The van der Waals surface area contributed by atoms with E-state index in [1.165, 1.54) is 17.4 Å². The van der Waals surface area contributed by atoms with Gasteiger partial charge in [-0.25, -0.2) is 19.3 Å². The number of carboxylic acids is 1. The number of anilines is 1. The Morgan fingerprint density at radius 2 is 2.00 bits per heavy atom. The van der Waals surface area contributed by atoms with Gasteiger partial charge in [0, 0.05) is 6.04 Å². The molecule has 0 aromatic carbocycles. The summed E-state index contributed by atoms with van der Waals surface area (Å²) in [5.41, 5.74) is 0.872. The molecule has 10 heteroatoms. The Bertz CT molecular complexity index is 1310. The number of carbonyl (C=O) groups is 1. The van der Waals surface area contributed by atoms with Gasteiger partial charge in [-0.05, 0) is 55.0 Å². The molecule has 4 aromatic heterocycles. The first-order chi connectivity index (χ1) is 15.1. The number of aromatic amines is 1. The predicted octanol–water partition coefficient (Wildman–Crippen LogP) is 4.07. The second kappa shape index (κ2) is 6.94. The highest BCUT2D eigenvalue weighted by molar-refractivity contribution is 7.16. The van der Waals surface area contributed by atoms with Crippen molar-refractivity contribution in [2.75, 3.05) is 5.32 Å². The molecule has 31 heavy (non-hydrogen) atoms. The second-order valence-corrected chi connectivity index (χ2v) is 9.26. The summed E-state index contributed by atoms with van der Waals surface area (Å²) >= 11 is 1.47. The van der Waals surface area contributed by atoms with E-state index >= 15 is 0 Å². The molecule has 3 saturated carbocycles. The van der Waals surface area contributed by atoms with Crippen LogP contribution in [0.2, 0.25) is 0 Å². The van der Waals surface area contributed by atoms with Crippen LogP contribution in [-0.2, 0) is 4.79 Å². The Balaban J connectivity index is 1.46. The van der Waals surface area contributed by atoms with Crippen molar-refractivity contribution in [1.82, 2.24) is 25.1 Å². The number of nitrogens with one attached hydrogen (secondary N) is 2. The van der Waals surface area contributed by atoms with Crippen molar-refractivity contribution in [3.05, 3.63) is 29.5 Å². The fraction of sp³-hybridized carbons (Fsp3) is 0.381. The summed E-state index contributed by atoms with van der Waals surface area (Å²) in [5, 5.41) is 23.7. The quantitative estimate of drug-likeness (QED) is 0.440. The average molecular weight is 438 g/mol. The maximum atomic E-state index is 13.8. The fourth-order valence-electron chi connectivity index (χ4n) is 5.29. The van der Waals surface area contributed by atoms with Crippen LogP contribution in [0.3, 0.4) is 0 Å². The highest BCUT2D eigenvalue weighted by Gasteiger charge is 2.47. The molecule has 0 spiro atoms. The summed E-state index contributed by atoms with van der Waals surface area (Å²) in [4.78, 5) is 26.2. The third-order valence-corrected chi connectivity index (χ3v) is 7.54. The number of aromatic nitrogens is 5. The lowest BCUT2D eigenvalue weighted by atomic mass is 9.61. The zero-order chi connectivity index (χ0) is 21.1. The Hall–Kier alpha value is -3.14. The molecule has 2 atom stereocenters. The lowest BCUT2D eigenvalue weighted by Crippen LogP contribution is -2.51. The summed E-state index contributed by atoms with van der Waals surface area (Å²) in [5.74, 6) is -0.144. The molecule has 158 valence electrons. The number of rotatable bonds is 4. The first-order valence-corrected chi connectivity index (χ1v) is 11.2. The van der Waals surface area contributed by atoms with Crippen LogP contribution < -0.4 is 5.32 Å². The zero-order valence-electron chi connectivity index (χ0n) is 16.4. The van der Waals surface area contributed by atoms with Gasteiger partial charge in [-0.2, -0.15) is 5.10 Å². The molecule has 3 aliphatic rings. The molecule has 2 bridgehead atoms. The third-order valence-electron chi connectivity index (χ3n) is 6.73. The van der Waals surface area contributed by atoms with Crippen LogP contribution >= 0.6 is 11.3 Å². The molecule has 8 nitrogen and oxygen atoms in total. The molecule has 0 amide bonds. The van der Waals surface area contributed by atoms with Crippen LogP contribution in [0.15, 0.2) is 23.7 Å². The van der Waals surface area contributed by atoms with Crippen molar-refractivity contribution in [3.63, 3.8) is 0 Å². The Morgan fingerprint density at radius 1 is 1.19 bits per heavy atom. The van der Waals surface area contributed by atoms with Gasteiger partial charge in [-0.1, -0.05) is 0 Å². The number of H-pyrrole nitrogens is 1. The van der Waals surface area contributed by atoms with Crippen molar-refractivity contribution < 1.29 is 14.3 Å². The highest BCUT2D eigenvalue weighted by atomic mass is 32.1. The number of fused-ring (bicyclic) bond motifs is 5. The minimum Gasteiger partial charge on any atom is -0.481 e. The van der Waals surface area contributed by atoms with E-state index in [9.17, 15) is 14.3 Å². The summed E-state index contributed by atoms with van der Waals surface area (Å²) in [6, 6.07) is 3.12. The molecule has 3 aliphatic carbocycles. The van der Waals surface area contributed by atoms with Crippen molar-refractivity contribution in [3.8, 4) is 11.5 Å². The predicted molar refractivity (Wildman–Crippen MR) is 114 cm³/mol. The Morgan fingerprint density at radius 3 is 2.81 bits per heavy atom. The van der Waals surface area contributed by atoms with E-state index in [1.54, 1.807) is 0 Å². The van der Waals surface area contributed by atoms with Crippen molar-refractivity contribution >= 4 is 44.4 Å². The lowest BCUT2D eigenvalue weighted by molar-refractivity contribution is -0.148. The first-order valence-electron chi connectivity index (χ1n) is 10.3. The molecule has 0 saturated heterocycles. The number of hydrogen-bond acceptors (Lipinski definition) is 7. The smallest absolute Gasteiger partial charge is 0.308 e. The average Bonchev–Trinajstić information content (AvgIpc) is 3.41. The molecular formula is C21H19FN6O2S. The largest absolute Gasteiger partial charge is 0.481 e. The third kappa shape index (κ3) is 2.96. The Labute approximate surface area is 179 Å². The van der Waals surface area contributed by atoms with Gasteiger partial charge < -0.3 is 10.4 Å². The van der Waals surface area contributed by atoms with Gasteiger partial charge in [-0.15, -0.1) is 11.3 Å². The molecule has 0 unspecified atom stereocenters. The Kier molecular flexibility index (Phi) is 4.17. The van der Waals surface area contributed by atoms with Crippen LogP contribution in [0.5, 0.6) is 0 Å². The van der Waals surface area contributed by atoms with E-state index in [0.29, 0.717) is 34.3 Å². The van der Waals surface area contributed by atoms with Gasteiger partial charge in [0.1, 0.15) is 22.2 Å². The number of thiophene rings is 1. The second-order valence-electron chi connectivity index (χ2n) is 8.37. The molecule has 4 heterocycles. The molecule has 3 N–H and O–H groups in total. The topological polar surface area (TPSA) is 117 Å². The minimum absolute atomic E-state index is 0.173. The van der Waals surface area contributed by atoms with Gasteiger partial charge in [0.05, 0.1) is 22.9 Å². The van der Waals surface area contributed by atoms with Crippen molar-refractivity contribution in [2.24, 2.45) is 17.8 Å². The van der Waals surface area contributed by atoms with Crippen LogP contribution in [0.4, 0.5) is 10.2 Å². The van der Waals surface area contributed by atoms with Crippen LogP contribution in [-0.4, -0.2) is 42.3 Å². The standard InChI is InChI=1S/C21H19FN6O2S/c22-11-7-13-16(27-28-17(13)23-8-11)19-25-18(12-5-6-31-20(12)26-19)24-15-10-3-1-9(2-4-10)14(15)21(29)30/h5-10,14-15H,1-4H2,(H,29,30)(H,23,27,28)(H,24,25,26)/t9?,10?,14-,15+/m1/s1. The zero-order valence-corrected chi connectivity index (χ0v) is 17.2. The minimum atomic E-state index is -0.746. The summed E-state index contributed by atoms with van der Waals surface area (Å²) in [6.07, 6.45) is 5.14. The maximum absolute atomic E-state index is 13.8. The molecule has 0 aliphatic heterocycles. The van der Waals surface area contributed by atoms with E-state index < -0.39 is 17.7 Å². The number of pyridine rings is 1. The molecule has 0 radical (unpaired) electrons. The number of nitrogens with zero attached hydrogens (tertiary/aromatic N) is 4. The van der Waals surface area contributed by atoms with E-state index in [4.69, 9.17) is 4.98 Å². The fourth-order valence-corrected chi connectivity index (χ4v) is 6.06. The number of halogens is 1. The molecular weight excluding hydrogens is 419 g/mol. The molecule has 4 aromatic rings. The summed E-state index contributed by atoms with van der Waals surface area (Å²) < 4.78 is 13.8. The van der Waals surface area contributed by atoms with Gasteiger partial charge in [0.2, 0.25) is 0 Å². The van der Waals surface area contributed by atoms with Gasteiger partial charge in [0.15, 0.2) is 11.5 Å². The number of carboxylic acid groups (broad SMARTS) is 1. The van der Waals surface area contributed by atoms with Gasteiger partial charge in [-0.3, -0.25) is 9.89 Å². The van der Waals surface area contributed by atoms with Crippen molar-refractivity contribution in [2.45, 2.75) is 31.7 Å². The highest BCUT2D eigenvalue weighted by Crippen LogP contribution is 2.46. The van der Waals surface area contributed by atoms with E-state index in [0.717, 1.165) is 42.1 Å². The number of hydrogen-bond donors (Lipinski definition) is 3. The van der Waals surface area contributed by atoms with Gasteiger partial charge in [0.25, 0.3) is 0 Å². The van der Waals surface area contributed by atoms with E-state index in [2.05, 4.69) is 25.5 Å². The monoisotopic (exact) mass is 438 g/mol. The molecule has 3 fully saturated rings. The van der Waals surface area contributed by atoms with E-state index in [-0.39, 0.29) is 12.0 Å². The summed E-state index contributed by atoms with van der Waals surface area (Å²) in [6.45, 7) is 0. The summed E-state index contributed by atoms with van der Waals surface area (Å²) in [7, 11) is 0. The van der Waals surface area contributed by atoms with Crippen LogP contribution in [0.1, 0.15) is 25.7 Å². The normalized spacial score (nSPS) is 25.3.